The van der Waals surface area contributed by atoms with Crippen molar-refractivity contribution < 1.29 is 24.2 Å². The lowest BCUT2D eigenvalue weighted by Crippen LogP contribution is -2.48. The largest absolute Gasteiger partial charge is 0.479 e. The molecule has 2 rings (SSSR count). The highest BCUT2D eigenvalue weighted by Crippen LogP contribution is 2.27. The Balaban J connectivity index is 2.02. The molecule has 1 saturated heterocycles. The Morgan fingerprint density at radius 2 is 1.70 bits per heavy atom. The molecule has 0 aromatic heterocycles. The number of nitrogens with zero attached hydrogens (tertiary/aromatic N) is 1. The summed E-state index contributed by atoms with van der Waals surface area (Å²) in [6.45, 7) is -0.124. The number of carbonyl (C=O) groups is 3. The zero-order valence-corrected chi connectivity index (χ0v) is 11.3. The molecule has 2 amide bonds. The number of carbonyl (C=O) groups excluding carboxylic acids is 2. The molecule has 1 aliphatic heterocycles. The molecule has 0 bridgehead atoms. The van der Waals surface area contributed by atoms with Crippen molar-refractivity contribution in [2.24, 2.45) is 5.73 Å². The van der Waals surface area contributed by atoms with Crippen LogP contribution in [0, 0.1) is 0 Å². The molecule has 0 aromatic rings. The van der Waals surface area contributed by atoms with Crippen LogP contribution in [-0.2, 0) is 19.1 Å². The predicted molar refractivity (Wildman–Crippen MR) is 68.7 cm³/mol. The van der Waals surface area contributed by atoms with Crippen molar-refractivity contribution in [1.82, 2.24) is 4.90 Å². The number of aliphatic carboxylic acids is 1. The quantitative estimate of drug-likeness (QED) is 0.731. The van der Waals surface area contributed by atoms with E-state index in [1.165, 1.54) is 4.90 Å². The van der Waals surface area contributed by atoms with Crippen molar-refractivity contribution in [3.63, 3.8) is 0 Å². The fourth-order valence-electron chi connectivity index (χ4n) is 2.96. The Morgan fingerprint density at radius 3 is 2.20 bits per heavy atom. The first-order chi connectivity index (χ1) is 9.49. The number of hydrogen-bond donors (Lipinski definition) is 2. The van der Waals surface area contributed by atoms with E-state index in [1.54, 1.807) is 0 Å². The SMILES string of the molecule is NC(=O)CN(C(=O)C1CCC(C(=O)O)O1)C1CCCC1. The first kappa shape index (κ1) is 14.8. The molecule has 1 heterocycles. The summed E-state index contributed by atoms with van der Waals surface area (Å²) >= 11 is 0. The first-order valence-corrected chi connectivity index (χ1v) is 6.96. The van der Waals surface area contributed by atoms with Crippen LogP contribution in [0.4, 0.5) is 0 Å². The summed E-state index contributed by atoms with van der Waals surface area (Å²) in [5, 5.41) is 8.88. The lowest BCUT2D eigenvalue weighted by Gasteiger charge is -2.30. The minimum absolute atomic E-state index is 0.0162. The van der Waals surface area contributed by atoms with Crippen molar-refractivity contribution in [2.45, 2.75) is 56.8 Å². The van der Waals surface area contributed by atoms with Crippen LogP contribution in [0.2, 0.25) is 0 Å². The summed E-state index contributed by atoms with van der Waals surface area (Å²) in [7, 11) is 0. The average Bonchev–Trinajstić information content (AvgIpc) is 3.05. The molecule has 0 aromatic carbocycles. The topological polar surface area (TPSA) is 110 Å². The average molecular weight is 284 g/mol. The second-order valence-corrected chi connectivity index (χ2v) is 5.40. The van der Waals surface area contributed by atoms with Crippen molar-refractivity contribution in [2.75, 3.05) is 6.54 Å². The number of ether oxygens (including phenoxy) is 1. The fraction of sp³-hybridized carbons (Fsp3) is 0.769. The van der Waals surface area contributed by atoms with Gasteiger partial charge in [0.25, 0.3) is 5.91 Å². The first-order valence-electron chi connectivity index (χ1n) is 6.96. The van der Waals surface area contributed by atoms with Crippen molar-refractivity contribution >= 4 is 17.8 Å². The molecule has 7 heteroatoms. The van der Waals surface area contributed by atoms with Gasteiger partial charge in [-0.05, 0) is 25.7 Å². The molecule has 112 valence electrons. The Labute approximate surface area is 117 Å². The van der Waals surface area contributed by atoms with Crippen molar-refractivity contribution in [1.29, 1.82) is 0 Å². The Bertz CT molecular complexity index is 406. The van der Waals surface area contributed by atoms with Crippen molar-refractivity contribution in [3.05, 3.63) is 0 Å². The minimum Gasteiger partial charge on any atom is -0.479 e. The number of carboxylic acids is 1. The Kier molecular flexibility index (Phi) is 4.59. The highest BCUT2D eigenvalue weighted by atomic mass is 16.5. The number of carboxylic acid groups (broad SMARTS) is 1. The standard InChI is InChI=1S/C13H20N2O5/c14-11(16)7-15(8-3-1-2-4-8)12(17)9-5-6-10(20-9)13(18)19/h8-10H,1-7H2,(H2,14,16)(H,18,19). The van der Waals surface area contributed by atoms with E-state index in [9.17, 15) is 14.4 Å². The van der Waals surface area contributed by atoms with E-state index in [-0.39, 0.29) is 18.5 Å². The number of nitrogens with two attached hydrogens (primary N) is 1. The number of rotatable bonds is 5. The van der Waals surface area contributed by atoms with E-state index in [2.05, 4.69) is 0 Å². The molecule has 7 nitrogen and oxygen atoms in total. The van der Waals surface area contributed by atoms with Crippen LogP contribution in [0.25, 0.3) is 0 Å². The maximum Gasteiger partial charge on any atom is 0.332 e. The molecule has 2 fully saturated rings. The molecule has 0 radical (unpaired) electrons. The monoisotopic (exact) mass is 284 g/mol. The van der Waals surface area contributed by atoms with Gasteiger partial charge in [-0.15, -0.1) is 0 Å². The van der Waals surface area contributed by atoms with Gasteiger partial charge in [-0.2, -0.15) is 0 Å². The van der Waals surface area contributed by atoms with Crippen LogP contribution in [0.15, 0.2) is 0 Å². The Hall–Kier alpha value is -1.63. The second kappa shape index (κ2) is 6.21. The number of hydrogen-bond acceptors (Lipinski definition) is 4. The van der Waals surface area contributed by atoms with Crippen LogP contribution in [-0.4, -0.2) is 52.6 Å². The summed E-state index contributed by atoms with van der Waals surface area (Å²) in [6.07, 6.45) is 2.76. The highest BCUT2D eigenvalue weighted by Gasteiger charge is 2.39. The van der Waals surface area contributed by atoms with E-state index in [0.29, 0.717) is 12.8 Å². The van der Waals surface area contributed by atoms with Crippen LogP contribution in [0.5, 0.6) is 0 Å². The normalized spacial score (nSPS) is 26.6. The van der Waals surface area contributed by atoms with Gasteiger partial charge in [0, 0.05) is 6.04 Å². The van der Waals surface area contributed by atoms with Gasteiger partial charge < -0.3 is 20.5 Å². The van der Waals surface area contributed by atoms with Crippen LogP contribution < -0.4 is 5.73 Å². The Morgan fingerprint density at radius 1 is 1.10 bits per heavy atom. The predicted octanol–water partition coefficient (Wildman–Crippen LogP) is -0.125. The maximum absolute atomic E-state index is 12.4. The van der Waals surface area contributed by atoms with Crippen molar-refractivity contribution in [3.8, 4) is 0 Å². The van der Waals surface area contributed by atoms with E-state index in [4.69, 9.17) is 15.6 Å². The van der Waals surface area contributed by atoms with Crippen LogP contribution in [0.3, 0.4) is 0 Å². The molecule has 0 spiro atoms. The summed E-state index contributed by atoms with van der Waals surface area (Å²) in [5.41, 5.74) is 5.21. The van der Waals surface area contributed by atoms with E-state index in [0.717, 1.165) is 25.7 Å². The van der Waals surface area contributed by atoms with Gasteiger partial charge in [-0.1, -0.05) is 12.8 Å². The summed E-state index contributed by atoms with van der Waals surface area (Å²) < 4.78 is 5.26. The minimum atomic E-state index is -1.05. The third-order valence-electron chi connectivity index (χ3n) is 3.95. The summed E-state index contributed by atoms with van der Waals surface area (Å²) in [6, 6.07) is 0.0162. The number of amides is 2. The van der Waals surface area contributed by atoms with E-state index >= 15 is 0 Å². The molecule has 2 aliphatic rings. The molecule has 20 heavy (non-hydrogen) atoms. The molecule has 2 unspecified atom stereocenters. The van der Waals surface area contributed by atoms with Gasteiger partial charge in [0.05, 0.1) is 6.54 Å². The van der Waals surface area contributed by atoms with Gasteiger partial charge in [0.2, 0.25) is 5.91 Å². The molecular weight excluding hydrogens is 264 g/mol. The van der Waals surface area contributed by atoms with Crippen LogP contribution >= 0.6 is 0 Å². The van der Waals surface area contributed by atoms with E-state index < -0.39 is 24.1 Å². The fourth-order valence-corrected chi connectivity index (χ4v) is 2.96. The zero-order chi connectivity index (χ0) is 14.7. The van der Waals surface area contributed by atoms with Gasteiger partial charge in [-0.25, -0.2) is 4.79 Å². The third-order valence-corrected chi connectivity index (χ3v) is 3.95. The van der Waals surface area contributed by atoms with Gasteiger partial charge in [0.15, 0.2) is 6.10 Å². The lowest BCUT2D eigenvalue weighted by atomic mass is 10.1. The van der Waals surface area contributed by atoms with Crippen LogP contribution in [0.1, 0.15) is 38.5 Å². The zero-order valence-electron chi connectivity index (χ0n) is 11.3. The van der Waals surface area contributed by atoms with Gasteiger partial charge in [0.1, 0.15) is 6.10 Å². The van der Waals surface area contributed by atoms with Gasteiger partial charge >= 0.3 is 5.97 Å². The molecule has 3 N–H and O–H groups in total. The maximum atomic E-state index is 12.4. The lowest BCUT2D eigenvalue weighted by molar-refractivity contribution is -0.156. The third kappa shape index (κ3) is 3.27. The highest BCUT2D eigenvalue weighted by molar-refractivity contribution is 5.87. The summed E-state index contributed by atoms with van der Waals surface area (Å²) in [4.78, 5) is 35.9. The van der Waals surface area contributed by atoms with Gasteiger partial charge in [-0.3, -0.25) is 9.59 Å². The second-order valence-electron chi connectivity index (χ2n) is 5.40. The molecular formula is C13H20N2O5. The summed E-state index contributed by atoms with van der Waals surface area (Å²) in [5.74, 6) is -1.92. The van der Waals surface area contributed by atoms with E-state index in [1.807, 2.05) is 0 Å². The molecule has 1 aliphatic carbocycles. The number of primary amides is 1. The molecule has 1 saturated carbocycles. The smallest absolute Gasteiger partial charge is 0.332 e. The molecule has 2 atom stereocenters.